The Morgan fingerprint density at radius 3 is 1.66 bits per heavy atom. The lowest BCUT2D eigenvalue weighted by Crippen LogP contribution is -2.16. The Labute approximate surface area is 363 Å². The Bertz CT molecular complexity index is 3450. The Kier molecular flexibility index (Phi) is 7.96. The molecule has 0 radical (unpaired) electrons. The maximum atomic E-state index is 5.32. The zero-order chi connectivity index (χ0) is 41.7. The molecule has 12 rings (SSSR count). The molecule has 9 aromatic carbocycles. The van der Waals surface area contributed by atoms with Gasteiger partial charge < -0.3 is 0 Å². The molecule has 2 aliphatic carbocycles. The lowest BCUT2D eigenvalue weighted by molar-refractivity contribution is 0.660. The Balaban J connectivity index is 0.974. The molecule has 0 N–H and O–H groups in total. The van der Waals surface area contributed by atoms with Crippen LogP contribution in [-0.4, -0.2) is 9.97 Å². The topological polar surface area (TPSA) is 25.8 Å². The summed E-state index contributed by atoms with van der Waals surface area (Å²) in [5.41, 5.74) is 20.5. The highest BCUT2D eigenvalue weighted by molar-refractivity contribution is 6.06. The van der Waals surface area contributed by atoms with E-state index in [1.165, 1.54) is 82.9 Å². The second-order valence-electron chi connectivity index (χ2n) is 18.1. The van der Waals surface area contributed by atoms with Gasteiger partial charge in [0.2, 0.25) is 0 Å². The van der Waals surface area contributed by atoms with Crippen LogP contribution in [0.25, 0.3) is 100.0 Å². The van der Waals surface area contributed by atoms with Gasteiger partial charge in [-0.25, -0.2) is 9.97 Å². The molecule has 0 aliphatic heterocycles. The molecular formula is C60H44N2. The minimum Gasteiger partial charge on any atom is -0.228 e. The SMILES string of the molecule is CC1(C)c2ccccc2-c2c(-c3cc(-c4ccc(-c5ccc(-c6cccc7c6C(C)(C)c6ccc8ccccc8c6-7)cc5)c5ccccc45)nc(-c4ccccc4)n3)cccc21. The molecule has 0 unspecified atom stereocenters. The van der Waals surface area contributed by atoms with Gasteiger partial charge in [-0.05, 0) is 94.4 Å². The average Bonchev–Trinajstić information content (AvgIpc) is 3.71. The van der Waals surface area contributed by atoms with Crippen molar-refractivity contribution in [1.82, 2.24) is 9.97 Å². The van der Waals surface area contributed by atoms with Crippen molar-refractivity contribution in [1.29, 1.82) is 0 Å². The lowest BCUT2D eigenvalue weighted by atomic mass is 9.78. The maximum absolute atomic E-state index is 5.32. The molecule has 2 heteroatoms. The molecule has 1 aromatic heterocycles. The van der Waals surface area contributed by atoms with Gasteiger partial charge in [-0.3, -0.25) is 0 Å². The fraction of sp³-hybridized carbons (Fsp3) is 0.100. The molecule has 0 bridgehead atoms. The first-order valence-corrected chi connectivity index (χ1v) is 21.7. The summed E-state index contributed by atoms with van der Waals surface area (Å²) in [6.07, 6.45) is 0. The standard InChI is InChI=1S/C60H44N2/c1-59(2)50-26-13-12-22-47(50)56-48(24-15-27-51(56)59)54-36-53(61-58(62-54)40-17-6-5-7-18-40)46-34-33-41(44-20-10-11-21-45(44)46)38-28-30-39(31-29-38)43-23-14-25-49-55-42-19-9-8-16-37(42)32-35-52(55)60(3,4)57(43)49/h5-36H,1-4H3. The molecule has 0 amide bonds. The molecule has 0 saturated heterocycles. The molecular weight excluding hydrogens is 749 g/mol. The molecule has 0 atom stereocenters. The highest BCUT2D eigenvalue weighted by atomic mass is 14.9. The number of nitrogens with zero attached hydrogens (tertiary/aromatic N) is 2. The second-order valence-corrected chi connectivity index (χ2v) is 18.1. The van der Waals surface area contributed by atoms with Crippen LogP contribution in [-0.2, 0) is 10.8 Å². The predicted octanol–water partition coefficient (Wildman–Crippen LogP) is 15.7. The Hall–Kier alpha value is -7.42. The van der Waals surface area contributed by atoms with Crippen molar-refractivity contribution in [2.24, 2.45) is 0 Å². The zero-order valence-corrected chi connectivity index (χ0v) is 35.4. The first kappa shape index (κ1) is 36.4. The molecule has 2 aliphatic rings. The molecule has 62 heavy (non-hydrogen) atoms. The van der Waals surface area contributed by atoms with Crippen LogP contribution in [0, 0.1) is 0 Å². The summed E-state index contributed by atoms with van der Waals surface area (Å²) in [6, 6.07) is 70.9. The van der Waals surface area contributed by atoms with E-state index in [1.807, 2.05) is 6.07 Å². The third kappa shape index (κ3) is 5.36. The number of hydrogen-bond acceptors (Lipinski definition) is 2. The highest BCUT2D eigenvalue weighted by Gasteiger charge is 2.39. The van der Waals surface area contributed by atoms with E-state index in [-0.39, 0.29) is 10.8 Å². The van der Waals surface area contributed by atoms with E-state index in [0.29, 0.717) is 0 Å². The smallest absolute Gasteiger partial charge is 0.160 e. The van der Waals surface area contributed by atoms with E-state index in [2.05, 4.69) is 216 Å². The first-order chi connectivity index (χ1) is 30.3. The number of aromatic nitrogens is 2. The van der Waals surface area contributed by atoms with Crippen molar-refractivity contribution in [3.05, 3.63) is 216 Å². The summed E-state index contributed by atoms with van der Waals surface area (Å²) in [6.45, 7) is 9.43. The number of fused-ring (bicyclic) bond motifs is 9. The van der Waals surface area contributed by atoms with Crippen LogP contribution >= 0.6 is 0 Å². The van der Waals surface area contributed by atoms with E-state index < -0.39 is 0 Å². The van der Waals surface area contributed by atoms with Crippen molar-refractivity contribution in [2.75, 3.05) is 0 Å². The van der Waals surface area contributed by atoms with Crippen molar-refractivity contribution >= 4 is 21.5 Å². The van der Waals surface area contributed by atoms with Crippen molar-refractivity contribution < 1.29 is 0 Å². The van der Waals surface area contributed by atoms with E-state index in [0.717, 1.165) is 39.3 Å². The van der Waals surface area contributed by atoms with E-state index in [4.69, 9.17) is 9.97 Å². The van der Waals surface area contributed by atoms with Gasteiger partial charge in [-0.2, -0.15) is 0 Å². The first-order valence-electron chi connectivity index (χ1n) is 21.7. The van der Waals surface area contributed by atoms with Crippen LogP contribution in [0.1, 0.15) is 49.9 Å². The minimum absolute atomic E-state index is 0.108. The van der Waals surface area contributed by atoms with Crippen molar-refractivity contribution in [2.45, 2.75) is 38.5 Å². The number of hydrogen-bond donors (Lipinski definition) is 0. The normalized spacial score (nSPS) is 14.1. The molecule has 0 saturated carbocycles. The van der Waals surface area contributed by atoms with Crippen molar-refractivity contribution in [3.8, 4) is 78.4 Å². The monoisotopic (exact) mass is 792 g/mol. The van der Waals surface area contributed by atoms with Gasteiger partial charge in [0.15, 0.2) is 5.82 Å². The van der Waals surface area contributed by atoms with Gasteiger partial charge >= 0.3 is 0 Å². The second kappa shape index (κ2) is 13.5. The zero-order valence-electron chi connectivity index (χ0n) is 35.4. The highest BCUT2D eigenvalue weighted by Crippen LogP contribution is 2.55. The summed E-state index contributed by atoms with van der Waals surface area (Å²) in [4.78, 5) is 10.6. The van der Waals surface area contributed by atoms with Gasteiger partial charge in [0.05, 0.1) is 11.4 Å². The third-order valence-corrected chi connectivity index (χ3v) is 13.9. The van der Waals surface area contributed by atoms with Crippen LogP contribution in [0.4, 0.5) is 0 Å². The number of benzene rings is 9. The Morgan fingerprint density at radius 2 is 0.871 bits per heavy atom. The van der Waals surface area contributed by atoms with Crippen LogP contribution in [0.5, 0.6) is 0 Å². The van der Waals surface area contributed by atoms with Crippen LogP contribution in [0.2, 0.25) is 0 Å². The molecule has 0 fully saturated rings. The summed E-state index contributed by atoms with van der Waals surface area (Å²) in [5.74, 6) is 0.719. The lowest BCUT2D eigenvalue weighted by Gasteiger charge is -2.24. The van der Waals surface area contributed by atoms with E-state index in [1.54, 1.807) is 0 Å². The van der Waals surface area contributed by atoms with Gasteiger partial charge in [-0.1, -0.05) is 216 Å². The minimum atomic E-state index is -0.126. The van der Waals surface area contributed by atoms with Crippen LogP contribution < -0.4 is 0 Å². The maximum Gasteiger partial charge on any atom is 0.160 e. The van der Waals surface area contributed by atoms with E-state index >= 15 is 0 Å². The molecule has 1 heterocycles. The van der Waals surface area contributed by atoms with Gasteiger partial charge in [0, 0.05) is 27.5 Å². The molecule has 2 nitrogen and oxygen atoms in total. The Morgan fingerprint density at radius 1 is 0.323 bits per heavy atom. The predicted molar refractivity (Wildman–Crippen MR) is 259 cm³/mol. The van der Waals surface area contributed by atoms with Gasteiger partial charge in [0.1, 0.15) is 0 Å². The van der Waals surface area contributed by atoms with Crippen molar-refractivity contribution in [3.63, 3.8) is 0 Å². The summed E-state index contributed by atoms with van der Waals surface area (Å²) >= 11 is 0. The fourth-order valence-corrected chi connectivity index (χ4v) is 10.9. The van der Waals surface area contributed by atoms with Crippen LogP contribution in [0.3, 0.4) is 0 Å². The summed E-state index contributed by atoms with van der Waals surface area (Å²) in [5, 5.41) is 4.97. The molecule has 294 valence electrons. The fourth-order valence-electron chi connectivity index (χ4n) is 10.9. The van der Waals surface area contributed by atoms with Gasteiger partial charge in [0.25, 0.3) is 0 Å². The van der Waals surface area contributed by atoms with Gasteiger partial charge in [-0.15, -0.1) is 0 Å². The largest absolute Gasteiger partial charge is 0.228 e. The van der Waals surface area contributed by atoms with E-state index in [9.17, 15) is 0 Å². The summed E-state index contributed by atoms with van der Waals surface area (Å²) < 4.78 is 0. The molecule has 10 aromatic rings. The molecule has 0 spiro atoms. The number of rotatable bonds is 5. The quantitative estimate of drug-likeness (QED) is 0.173. The summed E-state index contributed by atoms with van der Waals surface area (Å²) in [7, 11) is 0. The van der Waals surface area contributed by atoms with Crippen LogP contribution in [0.15, 0.2) is 194 Å². The average molecular weight is 793 g/mol. The third-order valence-electron chi connectivity index (χ3n) is 13.9.